The van der Waals surface area contributed by atoms with Crippen molar-refractivity contribution in [1.82, 2.24) is 4.90 Å². The van der Waals surface area contributed by atoms with Crippen LogP contribution in [0, 0.1) is 11.3 Å². The number of carboxylic acid groups (broad SMARTS) is 1. The Bertz CT molecular complexity index is 422. The molecule has 0 spiro atoms. The van der Waals surface area contributed by atoms with Crippen LogP contribution in [0.15, 0.2) is 11.3 Å². The zero-order valence-corrected chi connectivity index (χ0v) is 7.51. The van der Waals surface area contributed by atoms with Crippen molar-refractivity contribution in [3.05, 3.63) is 11.3 Å². The molecule has 7 nitrogen and oxygen atoms in total. The zero-order chi connectivity index (χ0) is 11.2. The summed E-state index contributed by atoms with van der Waals surface area (Å²) in [6.07, 6.45) is -0.749. The fraction of sp³-hybridized carbons (Fsp3) is 0.375. The number of hydrogen-bond acceptors (Lipinski definition) is 5. The van der Waals surface area contributed by atoms with E-state index in [4.69, 9.17) is 20.8 Å². The third kappa shape index (κ3) is 1.12. The molecule has 0 saturated carbocycles. The Labute approximate surface area is 84.3 Å². The van der Waals surface area contributed by atoms with Crippen LogP contribution in [-0.4, -0.2) is 40.8 Å². The van der Waals surface area contributed by atoms with Gasteiger partial charge in [0.15, 0.2) is 6.23 Å². The molecule has 15 heavy (non-hydrogen) atoms. The molecular formula is C8H7N3O4. The van der Waals surface area contributed by atoms with Crippen molar-refractivity contribution in [2.45, 2.75) is 12.3 Å². The fourth-order valence-electron chi connectivity index (χ4n) is 1.60. The first-order chi connectivity index (χ1) is 7.07. The molecule has 0 aliphatic carbocycles. The molecule has 0 aromatic carbocycles. The Balaban J connectivity index is 2.43. The number of carboxylic acids is 1. The number of hydrogen-bond donors (Lipinski definition) is 2. The maximum atomic E-state index is 11.3. The Morgan fingerprint density at radius 2 is 2.40 bits per heavy atom. The van der Waals surface area contributed by atoms with Crippen molar-refractivity contribution in [3.63, 3.8) is 0 Å². The number of β-lactam (4-membered cyclic amide) rings is 1. The molecule has 2 atom stereocenters. The summed E-state index contributed by atoms with van der Waals surface area (Å²) < 4.78 is 5.08. The minimum atomic E-state index is -1.32. The second-order valence-corrected chi connectivity index (χ2v) is 3.18. The van der Waals surface area contributed by atoms with Crippen LogP contribution in [0.3, 0.4) is 0 Å². The summed E-state index contributed by atoms with van der Waals surface area (Å²) in [4.78, 5) is 23.1. The molecule has 0 bridgehead atoms. The van der Waals surface area contributed by atoms with E-state index >= 15 is 0 Å². The number of ether oxygens (including phenoxy) is 1. The summed E-state index contributed by atoms with van der Waals surface area (Å²) in [5, 5.41) is 17.5. The van der Waals surface area contributed by atoms with Crippen molar-refractivity contribution in [2.75, 3.05) is 6.61 Å². The highest BCUT2D eigenvalue weighted by molar-refractivity contribution is 6.00. The molecule has 0 aromatic rings. The normalized spacial score (nSPS) is 29.3. The predicted molar refractivity (Wildman–Crippen MR) is 44.8 cm³/mol. The SMILES string of the molecule is N#CC1=C(C(=O)O)N2C(=O)[C@@H](N)[C@H]2OC1. The van der Waals surface area contributed by atoms with Crippen LogP contribution >= 0.6 is 0 Å². The molecule has 1 fully saturated rings. The lowest BCUT2D eigenvalue weighted by atomic mass is 10.00. The minimum absolute atomic E-state index is 0.0704. The molecule has 78 valence electrons. The Morgan fingerprint density at radius 1 is 1.73 bits per heavy atom. The monoisotopic (exact) mass is 209 g/mol. The lowest BCUT2D eigenvalue weighted by Crippen LogP contribution is -2.71. The third-order valence-corrected chi connectivity index (χ3v) is 2.35. The number of carbonyl (C=O) groups is 2. The smallest absolute Gasteiger partial charge is 0.353 e. The molecule has 2 aliphatic rings. The molecule has 1 saturated heterocycles. The topological polar surface area (TPSA) is 117 Å². The number of carbonyl (C=O) groups excluding carboxylic acids is 1. The van der Waals surface area contributed by atoms with Gasteiger partial charge in [0.25, 0.3) is 5.91 Å². The Hall–Kier alpha value is -1.91. The van der Waals surface area contributed by atoms with E-state index in [1.54, 1.807) is 6.07 Å². The summed E-state index contributed by atoms with van der Waals surface area (Å²) >= 11 is 0. The van der Waals surface area contributed by atoms with Crippen molar-refractivity contribution in [1.29, 1.82) is 5.26 Å². The first-order valence-electron chi connectivity index (χ1n) is 4.14. The van der Waals surface area contributed by atoms with E-state index in [0.717, 1.165) is 4.90 Å². The number of nitrogens with zero attached hydrogens (tertiary/aromatic N) is 2. The van der Waals surface area contributed by atoms with Gasteiger partial charge < -0.3 is 15.6 Å². The van der Waals surface area contributed by atoms with E-state index in [0.29, 0.717) is 0 Å². The number of fused-ring (bicyclic) bond motifs is 1. The summed E-state index contributed by atoms with van der Waals surface area (Å²) in [5.74, 6) is -1.86. The third-order valence-electron chi connectivity index (χ3n) is 2.35. The van der Waals surface area contributed by atoms with Gasteiger partial charge in [-0.15, -0.1) is 0 Å². The molecule has 2 heterocycles. The van der Waals surface area contributed by atoms with Crippen LogP contribution in [0.1, 0.15) is 0 Å². The molecule has 2 aliphatic heterocycles. The van der Waals surface area contributed by atoms with Crippen molar-refractivity contribution in [3.8, 4) is 6.07 Å². The van der Waals surface area contributed by atoms with E-state index < -0.39 is 24.1 Å². The van der Waals surface area contributed by atoms with Gasteiger partial charge in [0.05, 0.1) is 18.2 Å². The van der Waals surface area contributed by atoms with Crippen LogP contribution in [0.4, 0.5) is 0 Å². The molecule has 0 aromatic heterocycles. The van der Waals surface area contributed by atoms with Crippen molar-refractivity contribution >= 4 is 11.9 Å². The summed E-state index contributed by atoms with van der Waals surface area (Å²) in [6.45, 7) is -0.125. The van der Waals surface area contributed by atoms with Gasteiger partial charge in [-0.3, -0.25) is 9.69 Å². The standard InChI is InChI=1S/C8H7N3O4/c9-1-3-2-15-7-4(10)6(12)11(7)5(3)8(13)14/h4,7H,2,10H2,(H,13,14)/t4-,7-/m1/s1. The number of aliphatic carboxylic acids is 1. The molecule has 1 amide bonds. The van der Waals surface area contributed by atoms with Gasteiger partial charge >= 0.3 is 5.97 Å². The van der Waals surface area contributed by atoms with Crippen molar-refractivity contribution in [2.24, 2.45) is 5.73 Å². The molecule has 7 heteroatoms. The van der Waals surface area contributed by atoms with Crippen LogP contribution in [0.5, 0.6) is 0 Å². The van der Waals surface area contributed by atoms with Gasteiger partial charge in [-0.2, -0.15) is 5.26 Å². The number of nitriles is 1. The number of amides is 1. The summed E-state index contributed by atoms with van der Waals surface area (Å²) in [6, 6.07) is 0.861. The van der Waals surface area contributed by atoms with E-state index in [1.807, 2.05) is 0 Å². The van der Waals surface area contributed by atoms with Gasteiger partial charge in [-0.1, -0.05) is 0 Å². The second kappa shape index (κ2) is 3.05. The number of nitrogens with two attached hydrogens (primary N) is 1. The van der Waals surface area contributed by atoms with Crippen LogP contribution in [0.25, 0.3) is 0 Å². The van der Waals surface area contributed by atoms with Crippen LogP contribution in [-0.2, 0) is 14.3 Å². The lowest BCUT2D eigenvalue weighted by molar-refractivity contribution is -0.179. The van der Waals surface area contributed by atoms with Crippen LogP contribution in [0.2, 0.25) is 0 Å². The highest BCUT2D eigenvalue weighted by Gasteiger charge is 2.52. The largest absolute Gasteiger partial charge is 0.477 e. The first kappa shape index (κ1) is 9.64. The Morgan fingerprint density at radius 3 is 2.93 bits per heavy atom. The highest BCUT2D eigenvalue weighted by atomic mass is 16.5. The predicted octanol–water partition coefficient (Wildman–Crippen LogP) is -1.63. The zero-order valence-electron chi connectivity index (χ0n) is 7.51. The molecule has 2 rings (SSSR count). The van der Waals surface area contributed by atoms with Crippen molar-refractivity contribution < 1.29 is 19.4 Å². The summed E-state index contributed by atoms with van der Waals surface area (Å²) in [7, 11) is 0. The van der Waals surface area contributed by atoms with E-state index in [2.05, 4.69) is 0 Å². The lowest BCUT2D eigenvalue weighted by Gasteiger charge is -2.46. The number of rotatable bonds is 1. The van der Waals surface area contributed by atoms with Gasteiger partial charge in [0.1, 0.15) is 11.7 Å². The maximum Gasteiger partial charge on any atom is 0.353 e. The highest BCUT2D eigenvalue weighted by Crippen LogP contribution is 2.31. The van der Waals surface area contributed by atoms with E-state index in [1.165, 1.54) is 0 Å². The second-order valence-electron chi connectivity index (χ2n) is 3.18. The quantitative estimate of drug-likeness (QED) is 0.501. The van der Waals surface area contributed by atoms with E-state index in [-0.39, 0.29) is 17.9 Å². The fourth-order valence-corrected chi connectivity index (χ4v) is 1.60. The molecule has 0 radical (unpaired) electrons. The average molecular weight is 209 g/mol. The van der Waals surface area contributed by atoms with Gasteiger partial charge in [0.2, 0.25) is 0 Å². The Kier molecular flexibility index (Phi) is 1.96. The van der Waals surface area contributed by atoms with Gasteiger partial charge in [0, 0.05) is 0 Å². The average Bonchev–Trinajstić information content (AvgIpc) is 2.25. The molecule has 0 unspecified atom stereocenters. The minimum Gasteiger partial charge on any atom is -0.477 e. The summed E-state index contributed by atoms with van der Waals surface area (Å²) in [5.41, 5.74) is 5.02. The van der Waals surface area contributed by atoms with Gasteiger partial charge in [-0.05, 0) is 0 Å². The molecular weight excluding hydrogens is 202 g/mol. The first-order valence-corrected chi connectivity index (χ1v) is 4.14. The molecule has 3 N–H and O–H groups in total. The van der Waals surface area contributed by atoms with E-state index in [9.17, 15) is 9.59 Å². The maximum absolute atomic E-state index is 11.3. The van der Waals surface area contributed by atoms with Crippen LogP contribution < -0.4 is 5.73 Å². The van der Waals surface area contributed by atoms with Gasteiger partial charge in [-0.25, -0.2) is 4.79 Å².